The molecule has 0 saturated carbocycles. The molecule has 2 aromatic carbocycles. The molecule has 164 valence electrons. The van der Waals surface area contributed by atoms with Gasteiger partial charge in [0.25, 0.3) is 0 Å². The Balaban J connectivity index is 1.91. The van der Waals surface area contributed by atoms with Crippen molar-refractivity contribution in [1.82, 2.24) is 15.2 Å². The van der Waals surface area contributed by atoms with Gasteiger partial charge in [0.05, 0.1) is 19.9 Å². The Hall–Kier alpha value is -3.59. The third-order valence-electron chi connectivity index (χ3n) is 4.87. The van der Waals surface area contributed by atoms with Crippen molar-refractivity contribution in [3.8, 4) is 28.6 Å². The summed E-state index contributed by atoms with van der Waals surface area (Å²) in [6, 6.07) is 12.9. The van der Waals surface area contributed by atoms with Crippen molar-refractivity contribution < 1.29 is 19.0 Å². The minimum atomic E-state index is -0.802. The second-order valence-corrected chi connectivity index (χ2v) is 7.83. The predicted octanol–water partition coefficient (Wildman–Crippen LogP) is 4.28. The minimum Gasteiger partial charge on any atom is -0.493 e. The number of amides is 1. The van der Waals surface area contributed by atoms with Crippen LogP contribution in [-0.4, -0.2) is 41.1 Å². The van der Waals surface area contributed by atoms with E-state index in [1.807, 2.05) is 30.3 Å². The molecule has 1 unspecified atom stereocenters. The average Bonchev–Trinajstić information content (AvgIpc) is 2.96. The summed E-state index contributed by atoms with van der Waals surface area (Å²) in [6.45, 7) is 5.22. The Morgan fingerprint density at radius 2 is 1.97 bits per heavy atom. The van der Waals surface area contributed by atoms with Gasteiger partial charge in [0, 0.05) is 23.8 Å². The number of anilines is 1. The van der Waals surface area contributed by atoms with E-state index in [9.17, 15) is 4.79 Å². The molecule has 0 aliphatic carbocycles. The topological polar surface area (TPSA) is 86.7 Å². The molecule has 9 heteroatoms. The molecule has 8 nitrogen and oxygen atoms in total. The number of ether oxygens (including phenoxy) is 3. The summed E-state index contributed by atoms with van der Waals surface area (Å²) in [5.74, 6) is 1.84. The number of benzene rings is 2. The number of nitrogens with zero attached hydrogens (tertiary/aromatic N) is 4. The Bertz CT molecular complexity index is 1170. The molecule has 1 aliphatic heterocycles. The van der Waals surface area contributed by atoms with Gasteiger partial charge < -0.3 is 14.2 Å². The van der Waals surface area contributed by atoms with Crippen LogP contribution in [0.3, 0.4) is 0 Å². The molecule has 0 spiro atoms. The lowest BCUT2D eigenvalue weighted by molar-refractivity contribution is -0.118. The lowest BCUT2D eigenvalue weighted by atomic mass is 10.1. The lowest BCUT2D eigenvalue weighted by Crippen LogP contribution is -2.36. The van der Waals surface area contributed by atoms with Gasteiger partial charge in [-0.3, -0.25) is 9.69 Å². The van der Waals surface area contributed by atoms with E-state index in [1.54, 1.807) is 37.3 Å². The summed E-state index contributed by atoms with van der Waals surface area (Å²) in [7, 11) is 3.13. The average molecular weight is 451 g/mol. The monoisotopic (exact) mass is 450 g/mol. The first kappa shape index (κ1) is 21.6. The number of methoxy groups -OCH3 is 2. The number of aromatic nitrogens is 3. The van der Waals surface area contributed by atoms with E-state index >= 15 is 0 Å². The highest BCUT2D eigenvalue weighted by molar-refractivity contribution is 7.99. The summed E-state index contributed by atoms with van der Waals surface area (Å²) in [6.07, 6.45) is 0.962. The van der Waals surface area contributed by atoms with E-state index in [-0.39, 0.29) is 5.91 Å². The minimum absolute atomic E-state index is 0.195. The van der Waals surface area contributed by atoms with Gasteiger partial charge in [-0.25, -0.2) is 0 Å². The van der Waals surface area contributed by atoms with Crippen molar-refractivity contribution in [2.45, 2.75) is 18.3 Å². The molecule has 0 bridgehead atoms. The molecule has 0 fully saturated rings. The van der Waals surface area contributed by atoms with Crippen LogP contribution in [0.25, 0.3) is 11.3 Å². The summed E-state index contributed by atoms with van der Waals surface area (Å²) >= 11 is 1.40. The molecule has 3 aromatic rings. The summed E-state index contributed by atoms with van der Waals surface area (Å²) < 4.78 is 17.2. The number of hydrogen-bond acceptors (Lipinski definition) is 8. The zero-order valence-electron chi connectivity index (χ0n) is 17.9. The molecular weight excluding hydrogens is 428 g/mol. The van der Waals surface area contributed by atoms with Gasteiger partial charge in [0.2, 0.25) is 23.2 Å². The third-order valence-corrected chi connectivity index (χ3v) is 5.71. The van der Waals surface area contributed by atoms with E-state index in [4.69, 9.17) is 14.2 Å². The van der Waals surface area contributed by atoms with Crippen LogP contribution in [0, 0.1) is 0 Å². The van der Waals surface area contributed by atoms with Gasteiger partial charge in [-0.05, 0) is 24.3 Å². The van der Waals surface area contributed by atoms with Crippen LogP contribution in [0.15, 0.2) is 60.3 Å². The largest absolute Gasteiger partial charge is 0.493 e. The second kappa shape index (κ2) is 9.27. The van der Waals surface area contributed by atoms with Gasteiger partial charge in [-0.2, -0.15) is 4.98 Å². The fourth-order valence-corrected chi connectivity index (χ4v) is 3.98. The Morgan fingerprint density at radius 1 is 1.19 bits per heavy atom. The van der Waals surface area contributed by atoms with Crippen molar-refractivity contribution in [3.05, 3.63) is 60.7 Å². The molecule has 1 aliphatic rings. The molecule has 1 amide bonds. The SMILES string of the molecule is C=CCSc1nnc2c(n1)OC(c1ccc(OC)c(OC)c1)N(C(C)=O)c1ccccc1-2. The van der Waals surface area contributed by atoms with Crippen molar-refractivity contribution in [2.75, 3.05) is 24.9 Å². The summed E-state index contributed by atoms with van der Waals surface area (Å²) in [5, 5.41) is 9.06. The molecule has 0 saturated heterocycles. The second-order valence-electron chi connectivity index (χ2n) is 6.84. The van der Waals surface area contributed by atoms with Crippen LogP contribution in [-0.2, 0) is 4.79 Å². The van der Waals surface area contributed by atoms with E-state index in [0.717, 1.165) is 0 Å². The molecule has 0 N–H and O–H groups in total. The summed E-state index contributed by atoms with van der Waals surface area (Å²) in [4.78, 5) is 19.0. The predicted molar refractivity (Wildman–Crippen MR) is 122 cm³/mol. The third kappa shape index (κ3) is 3.99. The number of carbonyl (C=O) groups excluding carboxylic acids is 1. The molecule has 4 rings (SSSR count). The quantitative estimate of drug-likeness (QED) is 0.406. The van der Waals surface area contributed by atoms with Crippen LogP contribution in [0.1, 0.15) is 18.7 Å². The Labute approximate surface area is 190 Å². The standard InChI is InChI=1S/C23H22N4O4S/c1-5-12-32-23-24-21-20(25-26-23)16-8-6-7-9-17(16)27(14(2)28)22(31-21)15-10-11-18(29-3)19(13-15)30-4/h5-11,13,22H,1,12H2,2-4H3. The molecular formula is C23H22N4O4S. The number of para-hydroxylation sites is 1. The van der Waals surface area contributed by atoms with E-state index in [1.165, 1.54) is 18.7 Å². The zero-order valence-corrected chi connectivity index (χ0v) is 18.8. The molecule has 2 heterocycles. The Kier molecular flexibility index (Phi) is 6.27. The van der Waals surface area contributed by atoms with Gasteiger partial charge in [-0.15, -0.1) is 16.8 Å². The molecule has 32 heavy (non-hydrogen) atoms. The first-order chi connectivity index (χ1) is 15.6. The number of carbonyl (C=O) groups is 1. The lowest BCUT2D eigenvalue weighted by Gasteiger charge is -2.30. The number of fused-ring (bicyclic) bond motifs is 3. The smallest absolute Gasteiger partial charge is 0.247 e. The van der Waals surface area contributed by atoms with E-state index in [2.05, 4.69) is 21.8 Å². The molecule has 0 radical (unpaired) electrons. The van der Waals surface area contributed by atoms with Crippen LogP contribution in [0.5, 0.6) is 17.4 Å². The van der Waals surface area contributed by atoms with Gasteiger partial charge >= 0.3 is 0 Å². The highest BCUT2D eigenvalue weighted by atomic mass is 32.2. The summed E-state index contributed by atoms with van der Waals surface area (Å²) in [5.41, 5.74) is 2.53. The van der Waals surface area contributed by atoms with Crippen LogP contribution in [0.4, 0.5) is 5.69 Å². The maximum Gasteiger partial charge on any atom is 0.247 e. The van der Waals surface area contributed by atoms with Gasteiger partial charge in [-0.1, -0.05) is 36.0 Å². The normalized spacial score (nSPS) is 14.5. The molecule has 1 atom stereocenters. The van der Waals surface area contributed by atoms with Crippen molar-refractivity contribution >= 4 is 23.4 Å². The first-order valence-corrected chi connectivity index (χ1v) is 10.8. The highest BCUT2D eigenvalue weighted by Crippen LogP contribution is 2.44. The van der Waals surface area contributed by atoms with E-state index < -0.39 is 6.23 Å². The van der Waals surface area contributed by atoms with Crippen LogP contribution in [0.2, 0.25) is 0 Å². The van der Waals surface area contributed by atoms with Gasteiger partial charge in [0.1, 0.15) is 0 Å². The van der Waals surface area contributed by atoms with Crippen molar-refractivity contribution in [1.29, 1.82) is 0 Å². The zero-order chi connectivity index (χ0) is 22.7. The van der Waals surface area contributed by atoms with Crippen molar-refractivity contribution in [3.63, 3.8) is 0 Å². The number of thioether (sulfide) groups is 1. The van der Waals surface area contributed by atoms with Crippen molar-refractivity contribution in [2.24, 2.45) is 0 Å². The maximum absolute atomic E-state index is 12.9. The number of rotatable bonds is 6. The molecule has 1 aromatic heterocycles. The first-order valence-electron chi connectivity index (χ1n) is 9.83. The highest BCUT2D eigenvalue weighted by Gasteiger charge is 2.35. The van der Waals surface area contributed by atoms with Gasteiger partial charge in [0.15, 0.2) is 17.2 Å². The Morgan fingerprint density at radius 3 is 2.69 bits per heavy atom. The number of hydrogen-bond donors (Lipinski definition) is 0. The van der Waals surface area contributed by atoms with E-state index in [0.29, 0.717) is 50.8 Å². The fraction of sp³-hybridized carbons (Fsp3) is 0.217. The van der Waals surface area contributed by atoms with Crippen LogP contribution >= 0.6 is 11.8 Å². The van der Waals surface area contributed by atoms with Crippen LogP contribution < -0.4 is 19.1 Å². The maximum atomic E-state index is 12.9. The fourth-order valence-electron chi connectivity index (χ4n) is 3.47.